The summed E-state index contributed by atoms with van der Waals surface area (Å²) in [5, 5.41) is 12.6. The van der Waals surface area contributed by atoms with Gasteiger partial charge >= 0.3 is 0 Å². The Morgan fingerprint density at radius 3 is 2.74 bits per heavy atom. The number of aliphatic hydroxyl groups is 1. The first kappa shape index (κ1) is 17.8. The maximum absolute atomic E-state index is 12.2. The third-order valence-corrected chi connectivity index (χ3v) is 4.43. The van der Waals surface area contributed by atoms with Crippen molar-refractivity contribution in [2.24, 2.45) is 5.92 Å². The standard InChI is InChI=1S/C18H28N2O3/c1-3-23-17-7-5-4-6-16(17)19-18(22)10-13-20-11-8-15(9-12-20)14(2)21/h4-7,14-15,21H,3,8-13H2,1-2H3,(H,19,22). The SMILES string of the molecule is CCOc1ccccc1NC(=O)CCN1CCC(C(C)O)CC1. The van der Waals surface area contributed by atoms with E-state index in [1.54, 1.807) is 0 Å². The number of rotatable bonds is 7. The minimum absolute atomic E-state index is 0.00908. The van der Waals surface area contributed by atoms with Crippen molar-refractivity contribution in [1.82, 2.24) is 4.90 Å². The molecule has 1 heterocycles. The molecule has 0 aromatic heterocycles. The zero-order chi connectivity index (χ0) is 16.7. The van der Waals surface area contributed by atoms with E-state index in [-0.39, 0.29) is 12.0 Å². The van der Waals surface area contributed by atoms with Gasteiger partial charge in [-0.05, 0) is 57.8 Å². The monoisotopic (exact) mass is 320 g/mol. The molecule has 0 radical (unpaired) electrons. The van der Waals surface area contributed by atoms with Crippen LogP contribution in [-0.2, 0) is 4.79 Å². The molecule has 23 heavy (non-hydrogen) atoms. The molecule has 1 unspecified atom stereocenters. The zero-order valence-electron chi connectivity index (χ0n) is 14.1. The molecule has 0 saturated carbocycles. The number of hydrogen-bond acceptors (Lipinski definition) is 4. The molecule has 1 aromatic carbocycles. The molecule has 5 heteroatoms. The summed E-state index contributed by atoms with van der Waals surface area (Å²) < 4.78 is 5.52. The summed E-state index contributed by atoms with van der Waals surface area (Å²) >= 11 is 0. The third kappa shape index (κ3) is 5.52. The fraction of sp³-hybridized carbons (Fsp3) is 0.611. The van der Waals surface area contributed by atoms with Gasteiger partial charge in [-0.25, -0.2) is 0 Å². The first-order valence-corrected chi connectivity index (χ1v) is 8.52. The Kier molecular flexibility index (Phi) is 6.86. The highest BCUT2D eigenvalue weighted by atomic mass is 16.5. The number of nitrogens with zero attached hydrogens (tertiary/aromatic N) is 1. The van der Waals surface area contributed by atoms with Crippen LogP contribution in [0.4, 0.5) is 5.69 Å². The van der Waals surface area contributed by atoms with Crippen LogP contribution in [0, 0.1) is 5.92 Å². The number of aliphatic hydroxyl groups excluding tert-OH is 1. The molecule has 1 fully saturated rings. The molecular formula is C18H28N2O3. The average molecular weight is 320 g/mol. The number of para-hydroxylation sites is 2. The molecule has 0 spiro atoms. The molecule has 1 saturated heterocycles. The van der Waals surface area contributed by atoms with Gasteiger partial charge in [0.1, 0.15) is 5.75 Å². The molecule has 1 aromatic rings. The largest absolute Gasteiger partial charge is 0.492 e. The Bertz CT molecular complexity index is 497. The van der Waals surface area contributed by atoms with Crippen molar-refractivity contribution in [3.05, 3.63) is 24.3 Å². The molecule has 5 nitrogen and oxygen atoms in total. The fourth-order valence-corrected chi connectivity index (χ4v) is 2.98. The van der Waals surface area contributed by atoms with Crippen molar-refractivity contribution < 1.29 is 14.6 Å². The zero-order valence-corrected chi connectivity index (χ0v) is 14.1. The molecular weight excluding hydrogens is 292 g/mol. The van der Waals surface area contributed by atoms with E-state index in [2.05, 4.69) is 10.2 Å². The summed E-state index contributed by atoms with van der Waals surface area (Å²) in [5.74, 6) is 1.12. The Balaban J connectivity index is 1.76. The molecule has 1 aliphatic rings. The number of amides is 1. The average Bonchev–Trinajstić information content (AvgIpc) is 2.55. The van der Waals surface area contributed by atoms with E-state index < -0.39 is 0 Å². The maximum Gasteiger partial charge on any atom is 0.225 e. The summed E-state index contributed by atoms with van der Waals surface area (Å²) in [6.07, 6.45) is 2.26. The molecule has 2 rings (SSSR count). The number of nitrogens with one attached hydrogen (secondary N) is 1. The number of carbonyl (C=O) groups is 1. The van der Waals surface area contributed by atoms with Crippen LogP contribution in [-0.4, -0.2) is 48.3 Å². The minimum Gasteiger partial charge on any atom is -0.492 e. The van der Waals surface area contributed by atoms with Gasteiger partial charge in [0.15, 0.2) is 0 Å². The number of hydrogen-bond donors (Lipinski definition) is 2. The van der Waals surface area contributed by atoms with E-state index in [1.165, 1.54) is 0 Å². The second kappa shape index (κ2) is 8.89. The molecule has 1 aliphatic heterocycles. The van der Waals surface area contributed by atoms with Gasteiger partial charge in [-0.1, -0.05) is 12.1 Å². The second-order valence-electron chi connectivity index (χ2n) is 6.15. The summed E-state index contributed by atoms with van der Waals surface area (Å²) in [5.41, 5.74) is 0.729. The molecule has 0 bridgehead atoms. The van der Waals surface area contributed by atoms with Crippen LogP contribution in [0.5, 0.6) is 5.75 Å². The number of anilines is 1. The van der Waals surface area contributed by atoms with Crippen molar-refractivity contribution in [2.45, 2.75) is 39.2 Å². The van der Waals surface area contributed by atoms with Gasteiger partial charge < -0.3 is 20.1 Å². The highest BCUT2D eigenvalue weighted by molar-refractivity contribution is 5.92. The molecule has 1 atom stereocenters. The Morgan fingerprint density at radius 1 is 1.39 bits per heavy atom. The predicted molar refractivity (Wildman–Crippen MR) is 91.7 cm³/mol. The van der Waals surface area contributed by atoms with Crippen molar-refractivity contribution in [2.75, 3.05) is 31.6 Å². The van der Waals surface area contributed by atoms with Crippen LogP contribution in [0.15, 0.2) is 24.3 Å². The van der Waals surface area contributed by atoms with Gasteiger partial charge in [0, 0.05) is 13.0 Å². The molecule has 0 aliphatic carbocycles. The van der Waals surface area contributed by atoms with Crippen molar-refractivity contribution >= 4 is 11.6 Å². The van der Waals surface area contributed by atoms with Gasteiger partial charge in [0.25, 0.3) is 0 Å². The molecule has 1 amide bonds. The van der Waals surface area contributed by atoms with Gasteiger partial charge in [-0.15, -0.1) is 0 Å². The summed E-state index contributed by atoms with van der Waals surface area (Å²) in [6.45, 7) is 7.04. The lowest BCUT2D eigenvalue weighted by Crippen LogP contribution is -2.38. The fourth-order valence-electron chi connectivity index (χ4n) is 2.98. The van der Waals surface area contributed by atoms with E-state index in [1.807, 2.05) is 38.1 Å². The summed E-state index contributed by atoms with van der Waals surface area (Å²) in [7, 11) is 0. The van der Waals surface area contributed by atoms with Crippen LogP contribution < -0.4 is 10.1 Å². The van der Waals surface area contributed by atoms with E-state index >= 15 is 0 Å². The highest BCUT2D eigenvalue weighted by Gasteiger charge is 2.22. The maximum atomic E-state index is 12.2. The second-order valence-corrected chi connectivity index (χ2v) is 6.15. The first-order chi connectivity index (χ1) is 11.1. The Labute approximate surface area is 138 Å². The summed E-state index contributed by atoms with van der Waals surface area (Å²) in [4.78, 5) is 14.4. The highest BCUT2D eigenvalue weighted by Crippen LogP contribution is 2.24. The Morgan fingerprint density at radius 2 is 2.09 bits per heavy atom. The lowest BCUT2D eigenvalue weighted by molar-refractivity contribution is -0.116. The van der Waals surface area contributed by atoms with Gasteiger partial charge in [-0.3, -0.25) is 4.79 Å². The predicted octanol–water partition coefficient (Wildman–Crippen LogP) is 2.51. The number of likely N-dealkylation sites (tertiary alicyclic amines) is 1. The number of ether oxygens (including phenoxy) is 1. The minimum atomic E-state index is -0.226. The van der Waals surface area contributed by atoms with E-state index in [0.29, 0.717) is 24.7 Å². The van der Waals surface area contributed by atoms with Crippen LogP contribution in [0.3, 0.4) is 0 Å². The first-order valence-electron chi connectivity index (χ1n) is 8.52. The number of benzene rings is 1. The van der Waals surface area contributed by atoms with E-state index in [4.69, 9.17) is 4.74 Å². The van der Waals surface area contributed by atoms with Crippen molar-refractivity contribution in [3.63, 3.8) is 0 Å². The Hall–Kier alpha value is -1.59. The quantitative estimate of drug-likeness (QED) is 0.810. The van der Waals surface area contributed by atoms with Crippen LogP contribution in [0.1, 0.15) is 33.1 Å². The van der Waals surface area contributed by atoms with Gasteiger partial charge in [0.05, 0.1) is 18.4 Å². The lowest BCUT2D eigenvalue weighted by atomic mass is 9.92. The summed E-state index contributed by atoms with van der Waals surface area (Å²) in [6, 6.07) is 7.50. The van der Waals surface area contributed by atoms with Crippen molar-refractivity contribution in [1.29, 1.82) is 0 Å². The van der Waals surface area contributed by atoms with Crippen LogP contribution in [0.25, 0.3) is 0 Å². The van der Waals surface area contributed by atoms with Crippen LogP contribution in [0.2, 0.25) is 0 Å². The number of piperidine rings is 1. The topological polar surface area (TPSA) is 61.8 Å². The van der Waals surface area contributed by atoms with Crippen molar-refractivity contribution in [3.8, 4) is 5.75 Å². The van der Waals surface area contributed by atoms with Gasteiger partial charge in [0.2, 0.25) is 5.91 Å². The van der Waals surface area contributed by atoms with E-state index in [9.17, 15) is 9.90 Å². The lowest BCUT2D eigenvalue weighted by Gasteiger charge is -2.33. The third-order valence-electron chi connectivity index (χ3n) is 4.43. The van der Waals surface area contributed by atoms with E-state index in [0.717, 1.165) is 38.2 Å². The smallest absolute Gasteiger partial charge is 0.225 e. The molecule has 2 N–H and O–H groups in total. The van der Waals surface area contributed by atoms with Crippen LogP contribution >= 0.6 is 0 Å². The normalized spacial score (nSPS) is 17.7. The number of carbonyl (C=O) groups excluding carboxylic acids is 1. The molecule has 128 valence electrons. The van der Waals surface area contributed by atoms with Gasteiger partial charge in [-0.2, -0.15) is 0 Å².